The van der Waals surface area contributed by atoms with Gasteiger partial charge in [-0.05, 0) is 12.1 Å². The number of hydrogen-bond donors (Lipinski definition) is 0. The number of oxazole rings is 1. The molecule has 0 aliphatic rings. The SMILES string of the molecule is Cc1nc(CBr)c(-c2cc(F)cc(F)c2)o1. The van der Waals surface area contributed by atoms with E-state index in [1.54, 1.807) is 6.92 Å². The Morgan fingerprint density at radius 2 is 1.88 bits per heavy atom. The topological polar surface area (TPSA) is 26.0 Å². The Morgan fingerprint density at radius 1 is 1.25 bits per heavy atom. The van der Waals surface area contributed by atoms with Crippen molar-refractivity contribution in [2.75, 3.05) is 0 Å². The summed E-state index contributed by atoms with van der Waals surface area (Å²) in [5, 5.41) is 0.470. The van der Waals surface area contributed by atoms with Gasteiger partial charge in [0.1, 0.15) is 11.6 Å². The monoisotopic (exact) mass is 287 g/mol. The zero-order valence-corrected chi connectivity index (χ0v) is 10.0. The highest BCUT2D eigenvalue weighted by molar-refractivity contribution is 9.08. The molecule has 84 valence electrons. The van der Waals surface area contributed by atoms with Gasteiger partial charge in [0.05, 0.1) is 5.69 Å². The molecular weight excluding hydrogens is 280 g/mol. The maximum Gasteiger partial charge on any atom is 0.192 e. The number of rotatable bonds is 2. The molecule has 0 amide bonds. The van der Waals surface area contributed by atoms with E-state index in [2.05, 4.69) is 20.9 Å². The standard InChI is InChI=1S/C11H8BrF2NO/c1-6-15-10(5-12)11(16-6)7-2-8(13)4-9(14)3-7/h2-4H,5H2,1H3. The maximum atomic E-state index is 13.0. The van der Waals surface area contributed by atoms with E-state index in [-0.39, 0.29) is 0 Å². The van der Waals surface area contributed by atoms with Crippen LogP contribution in [0.25, 0.3) is 11.3 Å². The van der Waals surface area contributed by atoms with E-state index < -0.39 is 11.6 Å². The van der Waals surface area contributed by atoms with Crippen LogP contribution in [0.4, 0.5) is 8.78 Å². The highest BCUT2D eigenvalue weighted by atomic mass is 79.9. The van der Waals surface area contributed by atoms with Crippen LogP contribution in [0.3, 0.4) is 0 Å². The van der Waals surface area contributed by atoms with Gasteiger partial charge in [0.25, 0.3) is 0 Å². The Balaban J connectivity index is 2.57. The van der Waals surface area contributed by atoms with Crippen LogP contribution in [-0.4, -0.2) is 4.98 Å². The van der Waals surface area contributed by atoms with Gasteiger partial charge in [-0.15, -0.1) is 0 Å². The van der Waals surface area contributed by atoms with Crippen molar-refractivity contribution in [1.29, 1.82) is 0 Å². The fraction of sp³-hybridized carbons (Fsp3) is 0.182. The number of aryl methyl sites for hydroxylation is 1. The third-order valence-electron chi connectivity index (χ3n) is 2.06. The van der Waals surface area contributed by atoms with E-state index in [4.69, 9.17) is 4.42 Å². The molecule has 2 nitrogen and oxygen atoms in total. The van der Waals surface area contributed by atoms with Crippen LogP contribution >= 0.6 is 15.9 Å². The second-order valence-corrected chi connectivity index (χ2v) is 3.86. The van der Waals surface area contributed by atoms with E-state index in [0.29, 0.717) is 28.2 Å². The predicted molar refractivity (Wildman–Crippen MR) is 59.2 cm³/mol. The molecule has 2 aromatic rings. The molecule has 5 heteroatoms. The van der Waals surface area contributed by atoms with Crippen LogP contribution in [0.15, 0.2) is 22.6 Å². The number of benzene rings is 1. The van der Waals surface area contributed by atoms with Gasteiger partial charge in [-0.3, -0.25) is 0 Å². The molecule has 0 saturated heterocycles. The van der Waals surface area contributed by atoms with Gasteiger partial charge in [-0.2, -0.15) is 0 Å². The molecule has 1 heterocycles. The number of halogens is 3. The van der Waals surface area contributed by atoms with Gasteiger partial charge in [0, 0.05) is 23.9 Å². The third kappa shape index (κ3) is 2.14. The zero-order valence-electron chi connectivity index (χ0n) is 8.43. The van der Waals surface area contributed by atoms with E-state index in [1.807, 2.05) is 0 Å². The van der Waals surface area contributed by atoms with Crippen LogP contribution < -0.4 is 0 Å². The molecule has 0 aliphatic heterocycles. The van der Waals surface area contributed by atoms with Gasteiger partial charge >= 0.3 is 0 Å². The molecule has 0 radical (unpaired) electrons. The van der Waals surface area contributed by atoms with Crippen LogP contribution in [0.2, 0.25) is 0 Å². The largest absolute Gasteiger partial charge is 0.441 e. The first-order chi connectivity index (χ1) is 7.60. The van der Waals surface area contributed by atoms with Crippen molar-refractivity contribution in [1.82, 2.24) is 4.98 Å². The summed E-state index contributed by atoms with van der Waals surface area (Å²) in [5.74, 6) is -0.406. The third-order valence-corrected chi connectivity index (χ3v) is 2.59. The summed E-state index contributed by atoms with van der Waals surface area (Å²) in [6, 6.07) is 3.25. The first kappa shape index (κ1) is 11.3. The molecule has 1 aromatic carbocycles. The molecule has 0 aliphatic carbocycles. The molecule has 0 atom stereocenters. The van der Waals surface area contributed by atoms with Crippen molar-refractivity contribution >= 4 is 15.9 Å². The van der Waals surface area contributed by atoms with Crippen LogP contribution in [0, 0.1) is 18.6 Å². The molecule has 0 N–H and O–H groups in total. The average molecular weight is 288 g/mol. The van der Waals surface area contributed by atoms with E-state index in [0.717, 1.165) is 6.07 Å². The molecule has 0 fully saturated rings. The molecule has 16 heavy (non-hydrogen) atoms. The molecule has 0 saturated carbocycles. The first-order valence-electron chi connectivity index (χ1n) is 4.59. The van der Waals surface area contributed by atoms with Crippen molar-refractivity contribution < 1.29 is 13.2 Å². The van der Waals surface area contributed by atoms with Crippen LogP contribution in [-0.2, 0) is 5.33 Å². The van der Waals surface area contributed by atoms with Gasteiger partial charge in [0.15, 0.2) is 11.7 Å². The summed E-state index contributed by atoms with van der Waals surface area (Å²) >= 11 is 3.25. The summed E-state index contributed by atoms with van der Waals surface area (Å²) in [4.78, 5) is 4.11. The second kappa shape index (κ2) is 4.33. The molecule has 0 unspecified atom stereocenters. The smallest absolute Gasteiger partial charge is 0.192 e. The quantitative estimate of drug-likeness (QED) is 0.785. The second-order valence-electron chi connectivity index (χ2n) is 3.30. The Hall–Kier alpha value is -1.23. The van der Waals surface area contributed by atoms with Crippen molar-refractivity contribution in [3.63, 3.8) is 0 Å². The van der Waals surface area contributed by atoms with E-state index >= 15 is 0 Å². The summed E-state index contributed by atoms with van der Waals surface area (Å²) in [6.45, 7) is 1.69. The molecule has 0 bridgehead atoms. The summed E-state index contributed by atoms with van der Waals surface area (Å²) in [6.07, 6.45) is 0. The lowest BCUT2D eigenvalue weighted by Crippen LogP contribution is -1.86. The fourth-order valence-corrected chi connectivity index (χ4v) is 1.85. The van der Waals surface area contributed by atoms with Gasteiger partial charge in [0.2, 0.25) is 0 Å². The number of hydrogen-bond acceptors (Lipinski definition) is 2. The molecular formula is C11H8BrF2NO. The van der Waals surface area contributed by atoms with Gasteiger partial charge in [-0.1, -0.05) is 15.9 Å². The first-order valence-corrected chi connectivity index (χ1v) is 5.71. The predicted octanol–water partition coefficient (Wildman–Crippen LogP) is 3.82. The maximum absolute atomic E-state index is 13.0. The zero-order chi connectivity index (χ0) is 11.7. The summed E-state index contributed by atoms with van der Waals surface area (Å²) in [7, 11) is 0. The Kier molecular flexibility index (Phi) is 3.05. The average Bonchev–Trinajstić information content (AvgIpc) is 2.58. The highest BCUT2D eigenvalue weighted by Gasteiger charge is 2.13. The minimum absolute atomic E-state index is 0.354. The van der Waals surface area contributed by atoms with Crippen LogP contribution in [0.1, 0.15) is 11.6 Å². The van der Waals surface area contributed by atoms with Crippen molar-refractivity contribution in [2.45, 2.75) is 12.3 Å². The van der Waals surface area contributed by atoms with E-state index in [1.165, 1.54) is 12.1 Å². The summed E-state index contributed by atoms with van der Waals surface area (Å²) < 4.78 is 31.4. The van der Waals surface area contributed by atoms with Gasteiger partial charge in [-0.25, -0.2) is 13.8 Å². The Labute approximate surface area is 99.4 Å². The Bertz CT molecular complexity index is 504. The lowest BCUT2D eigenvalue weighted by Gasteiger charge is -1.99. The van der Waals surface area contributed by atoms with Crippen LogP contribution in [0.5, 0.6) is 0 Å². The van der Waals surface area contributed by atoms with E-state index in [9.17, 15) is 8.78 Å². The molecule has 2 rings (SSSR count). The van der Waals surface area contributed by atoms with Crippen molar-refractivity contribution in [3.05, 3.63) is 41.4 Å². The van der Waals surface area contributed by atoms with Crippen molar-refractivity contribution in [2.24, 2.45) is 0 Å². The lowest BCUT2D eigenvalue weighted by atomic mass is 10.1. The highest BCUT2D eigenvalue weighted by Crippen LogP contribution is 2.27. The molecule has 0 spiro atoms. The number of nitrogens with zero attached hydrogens (tertiary/aromatic N) is 1. The number of alkyl halides is 1. The molecule has 1 aromatic heterocycles. The normalized spacial score (nSPS) is 10.8. The minimum atomic E-state index is -0.635. The summed E-state index contributed by atoms with van der Waals surface area (Å²) in [5.41, 5.74) is 0.982. The lowest BCUT2D eigenvalue weighted by molar-refractivity contribution is 0.531. The van der Waals surface area contributed by atoms with Crippen molar-refractivity contribution in [3.8, 4) is 11.3 Å². The fourth-order valence-electron chi connectivity index (χ4n) is 1.47. The Morgan fingerprint density at radius 3 is 2.44 bits per heavy atom. The number of aromatic nitrogens is 1. The van der Waals surface area contributed by atoms with Gasteiger partial charge < -0.3 is 4.42 Å². The minimum Gasteiger partial charge on any atom is -0.441 e.